The highest BCUT2D eigenvalue weighted by molar-refractivity contribution is 6.35. The second kappa shape index (κ2) is 20.1. The third kappa shape index (κ3) is 11.4. The smallest absolute Gasteiger partial charge is 0.404 e. The van der Waals surface area contributed by atoms with Crippen molar-refractivity contribution in [1.29, 1.82) is 5.26 Å². The number of hydrogen-bond donors (Lipinski definition) is 4. The Morgan fingerprint density at radius 2 is 1.85 bits per heavy atom. The van der Waals surface area contributed by atoms with E-state index in [0.29, 0.717) is 35.0 Å². The van der Waals surface area contributed by atoms with Crippen molar-refractivity contribution < 1.29 is 32.3 Å². The molecule has 4 rings (SSSR count). The van der Waals surface area contributed by atoms with Crippen LogP contribution in [0.3, 0.4) is 0 Å². The largest absolute Gasteiger partial charge is 0.470 e. The second-order valence-electron chi connectivity index (χ2n) is 14.2. The summed E-state index contributed by atoms with van der Waals surface area (Å²) >= 11 is 12.7. The number of benzene rings is 1. The summed E-state index contributed by atoms with van der Waals surface area (Å²) in [4.78, 5) is 41.1. The Hall–Kier alpha value is -4.16. The van der Waals surface area contributed by atoms with E-state index in [0.717, 1.165) is 33.6 Å². The standard InChI is InChI=1S/C23H25ClN4O3.C14H25ClN2.C2H2F3NO/c1-23(2)15-12-28(18(29)7-8-31-3)21(20(15)23)22(30)27-17(9-25)14-11-26-10-13-5-4-6-16(24)19(13)14;1-6-11(8-16)13(12(15)7-2)10(5)14(17)9(3)4;3-2(4,5)1(6)7/h4-6,10-11,15,17,20-21H,7-8,12H2,1-3H3,(H,27,30);7-9,14H,6,16-17H2,1-5H3;(H2,6,7)/b;11-8-,12-7+,13-10-;/t15?,17?,20?,21-;;/m0../s1. The van der Waals surface area contributed by atoms with Crippen LogP contribution in [0.25, 0.3) is 10.8 Å². The van der Waals surface area contributed by atoms with Gasteiger partial charge in [0.1, 0.15) is 12.1 Å². The summed E-state index contributed by atoms with van der Waals surface area (Å²) in [7, 11) is 1.54. The molecule has 1 aromatic heterocycles. The molecule has 0 bridgehead atoms. The summed E-state index contributed by atoms with van der Waals surface area (Å²) in [5, 5.41) is 15.4. The van der Waals surface area contributed by atoms with Gasteiger partial charge in [-0.15, -0.1) is 0 Å². The number of nitrogens with one attached hydrogen (secondary N) is 1. The fourth-order valence-corrected chi connectivity index (χ4v) is 7.36. The van der Waals surface area contributed by atoms with Gasteiger partial charge in [0.25, 0.3) is 0 Å². The van der Waals surface area contributed by atoms with Crippen molar-refractivity contribution in [2.45, 2.75) is 85.6 Å². The first-order valence-electron chi connectivity index (χ1n) is 17.7. The predicted molar refractivity (Wildman–Crippen MR) is 209 cm³/mol. The van der Waals surface area contributed by atoms with E-state index in [1.807, 2.05) is 32.1 Å². The number of ether oxygens (including phenoxy) is 1. The molecule has 1 aromatic carbocycles. The molecule has 1 aliphatic carbocycles. The number of nitrogens with zero attached hydrogens (tertiary/aromatic N) is 3. The van der Waals surface area contributed by atoms with E-state index in [2.05, 4.69) is 56.7 Å². The average Bonchev–Trinajstić information content (AvgIpc) is 3.43. The number of rotatable bonds is 11. The lowest BCUT2D eigenvalue weighted by atomic mass is 9.89. The summed E-state index contributed by atoms with van der Waals surface area (Å²) in [6, 6.07) is 6.05. The molecule has 2 heterocycles. The minimum absolute atomic E-state index is 0.000185. The first-order valence-corrected chi connectivity index (χ1v) is 18.5. The lowest BCUT2D eigenvalue weighted by molar-refractivity contribution is -0.169. The van der Waals surface area contributed by atoms with E-state index in [1.165, 1.54) is 0 Å². The molecule has 2 aliphatic rings. The van der Waals surface area contributed by atoms with E-state index in [4.69, 9.17) is 44.2 Å². The van der Waals surface area contributed by atoms with Gasteiger partial charge < -0.3 is 32.2 Å². The van der Waals surface area contributed by atoms with Gasteiger partial charge in [-0.1, -0.05) is 76.0 Å². The first kappa shape index (κ1) is 47.0. The minimum atomic E-state index is -4.86. The van der Waals surface area contributed by atoms with Crippen LogP contribution in [0, 0.1) is 34.5 Å². The molecule has 55 heavy (non-hydrogen) atoms. The molecule has 2 fully saturated rings. The van der Waals surface area contributed by atoms with Crippen LogP contribution in [-0.2, 0) is 19.1 Å². The highest BCUT2D eigenvalue weighted by Crippen LogP contribution is 2.65. The number of aromatic nitrogens is 1. The van der Waals surface area contributed by atoms with Crippen molar-refractivity contribution in [3.05, 3.63) is 75.2 Å². The van der Waals surface area contributed by atoms with Crippen LogP contribution in [0.1, 0.15) is 72.9 Å². The Morgan fingerprint density at radius 3 is 2.35 bits per heavy atom. The molecular formula is C39H52Cl2F3N7O4. The molecule has 0 spiro atoms. The maximum Gasteiger partial charge on any atom is 0.470 e. The van der Waals surface area contributed by atoms with E-state index in [9.17, 15) is 28.0 Å². The van der Waals surface area contributed by atoms with Crippen LogP contribution >= 0.6 is 23.2 Å². The SMILES string of the molecule is COCCC(=O)N1CC2C([C@H]1C(=O)NC(C#N)c1cncc3cccc(Cl)c13)C2(C)C.C\C=C(Cl)/C(C(=C\N)/CC)=C(/C)C(N)C(C)C.NC(=O)C(F)(F)F. The van der Waals surface area contributed by atoms with Crippen molar-refractivity contribution in [3.8, 4) is 6.07 Å². The number of primary amides is 1. The molecular weight excluding hydrogens is 758 g/mol. The molecule has 1 saturated carbocycles. The number of halogens is 5. The van der Waals surface area contributed by atoms with Crippen LogP contribution in [0.4, 0.5) is 13.2 Å². The van der Waals surface area contributed by atoms with E-state index < -0.39 is 24.2 Å². The van der Waals surface area contributed by atoms with Gasteiger partial charge >= 0.3 is 12.1 Å². The summed E-state index contributed by atoms with van der Waals surface area (Å²) in [5.74, 6) is -1.95. The van der Waals surface area contributed by atoms with Gasteiger partial charge in [-0.25, -0.2) is 0 Å². The van der Waals surface area contributed by atoms with Crippen molar-refractivity contribution in [2.24, 2.45) is 40.4 Å². The zero-order valence-electron chi connectivity index (χ0n) is 32.4. The molecule has 2 aromatic rings. The van der Waals surface area contributed by atoms with Gasteiger partial charge in [0.2, 0.25) is 11.8 Å². The molecule has 11 nitrogen and oxygen atoms in total. The lowest BCUT2D eigenvalue weighted by Gasteiger charge is -2.30. The third-order valence-corrected chi connectivity index (χ3v) is 10.8. The van der Waals surface area contributed by atoms with E-state index in [1.54, 1.807) is 36.7 Å². The van der Waals surface area contributed by atoms with E-state index in [-0.39, 0.29) is 41.5 Å². The van der Waals surface area contributed by atoms with Crippen molar-refractivity contribution in [1.82, 2.24) is 15.2 Å². The molecule has 302 valence electrons. The Balaban J connectivity index is 0.000000366. The minimum Gasteiger partial charge on any atom is -0.404 e. The number of alkyl halides is 3. The van der Waals surface area contributed by atoms with Gasteiger partial charge in [0.05, 0.1) is 19.1 Å². The number of allylic oxidation sites excluding steroid dienone is 4. The lowest BCUT2D eigenvalue weighted by Crippen LogP contribution is -2.50. The number of methoxy groups -OCH3 is 1. The number of carbonyl (C=O) groups is 3. The monoisotopic (exact) mass is 809 g/mol. The number of pyridine rings is 1. The van der Waals surface area contributed by atoms with Gasteiger partial charge in [-0.05, 0) is 72.4 Å². The Morgan fingerprint density at radius 1 is 1.24 bits per heavy atom. The molecule has 1 saturated heterocycles. The van der Waals surface area contributed by atoms with Gasteiger partial charge in [0.15, 0.2) is 0 Å². The number of piperidine rings is 1. The van der Waals surface area contributed by atoms with Gasteiger partial charge in [-0.3, -0.25) is 19.4 Å². The fraction of sp³-hybridized carbons (Fsp3) is 0.513. The Kier molecular flexibility index (Phi) is 17.2. The number of amides is 3. The molecule has 1 aliphatic heterocycles. The van der Waals surface area contributed by atoms with Crippen molar-refractivity contribution >= 4 is 51.7 Å². The van der Waals surface area contributed by atoms with Crippen LogP contribution in [0.2, 0.25) is 5.02 Å². The first-order chi connectivity index (χ1) is 25.6. The normalized spacial score (nSPS) is 20.5. The Bertz CT molecular complexity index is 1830. The quantitative estimate of drug-likeness (QED) is 0.178. The average molecular weight is 811 g/mol. The summed E-state index contributed by atoms with van der Waals surface area (Å²) in [6.07, 6.45) is 2.95. The zero-order chi connectivity index (χ0) is 42.0. The third-order valence-electron chi connectivity index (χ3n) is 10.1. The molecule has 16 heteroatoms. The van der Waals surface area contributed by atoms with Crippen LogP contribution in [0.5, 0.6) is 0 Å². The second-order valence-corrected chi connectivity index (χ2v) is 15.0. The highest BCUT2D eigenvalue weighted by Gasteiger charge is 2.69. The number of carbonyl (C=O) groups excluding carboxylic acids is 3. The maximum absolute atomic E-state index is 13.4. The maximum atomic E-state index is 13.4. The fourth-order valence-electron chi connectivity index (χ4n) is 6.80. The van der Waals surface area contributed by atoms with Crippen LogP contribution in [-0.4, -0.2) is 66.1 Å². The molecule has 4 unspecified atom stereocenters. The summed E-state index contributed by atoms with van der Waals surface area (Å²) in [6.45, 7) is 15.3. The van der Waals surface area contributed by atoms with Crippen molar-refractivity contribution in [2.75, 3.05) is 20.3 Å². The van der Waals surface area contributed by atoms with Crippen LogP contribution in [0.15, 0.2) is 64.6 Å². The number of nitrogens with two attached hydrogens (primary N) is 3. The topological polar surface area (TPSA) is 190 Å². The van der Waals surface area contributed by atoms with Gasteiger partial charge in [-0.2, -0.15) is 18.4 Å². The highest BCUT2D eigenvalue weighted by atomic mass is 35.5. The number of nitriles is 1. The summed E-state index contributed by atoms with van der Waals surface area (Å²) in [5.41, 5.74) is 19.3. The predicted octanol–water partition coefficient (Wildman–Crippen LogP) is 6.80. The number of fused-ring (bicyclic) bond motifs is 2. The summed E-state index contributed by atoms with van der Waals surface area (Å²) < 4.78 is 37.1. The van der Waals surface area contributed by atoms with E-state index >= 15 is 0 Å². The molecule has 0 radical (unpaired) electrons. The van der Waals surface area contributed by atoms with Gasteiger partial charge in [0, 0.05) is 58.5 Å². The van der Waals surface area contributed by atoms with Crippen LogP contribution < -0.4 is 22.5 Å². The number of likely N-dealkylation sites (tertiary alicyclic amines) is 1. The molecule has 7 N–H and O–H groups in total. The molecule has 3 amide bonds. The van der Waals surface area contributed by atoms with Crippen molar-refractivity contribution in [3.63, 3.8) is 0 Å². The molecule has 5 atom stereocenters. The number of hydrogen-bond acceptors (Lipinski definition) is 8. The zero-order valence-corrected chi connectivity index (χ0v) is 33.9. The Labute approximate surface area is 331 Å².